The molecular weight excluding hydrogens is 335 g/mol. The monoisotopic (exact) mass is 380 g/mol. The second-order valence-corrected chi connectivity index (χ2v) is 10.2. The van der Waals surface area contributed by atoms with Crippen LogP contribution in [0.25, 0.3) is 0 Å². The van der Waals surface area contributed by atoms with E-state index in [0.29, 0.717) is 11.3 Å². The van der Waals surface area contributed by atoms with Gasteiger partial charge >= 0.3 is 0 Å². The first-order valence-corrected chi connectivity index (χ1v) is 12.2. The van der Waals surface area contributed by atoms with Crippen molar-refractivity contribution in [2.75, 3.05) is 20.4 Å². The van der Waals surface area contributed by atoms with Gasteiger partial charge in [-0.1, -0.05) is 20.8 Å². The lowest BCUT2D eigenvalue weighted by atomic mass is 9.49. The van der Waals surface area contributed by atoms with Gasteiger partial charge in [0.1, 0.15) is 0 Å². The van der Waals surface area contributed by atoms with Crippen molar-refractivity contribution in [1.29, 1.82) is 0 Å². The highest BCUT2D eigenvalue weighted by molar-refractivity contribution is 5.05. The number of alkyl halides is 1. The number of ether oxygens (including phenoxy) is 1. The summed E-state index contributed by atoms with van der Waals surface area (Å²) >= 11 is 0. The average Bonchev–Trinajstić information content (AvgIpc) is 3.05. The van der Waals surface area contributed by atoms with Crippen molar-refractivity contribution < 1.29 is 9.13 Å². The summed E-state index contributed by atoms with van der Waals surface area (Å²) in [7, 11) is 1.83. The van der Waals surface area contributed by atoms with E-state index in [0.717, 1.165) is 42.1 Å². The molecule has 0 aromatic rings. The van der Waals surface area contributed by atoms with Gasteiger partial charge in [0.05, 0.1) is 6.67 Å². The third-order valence-electron chi connectivity index (χ3n) is 9.38. The summed E-state index contributed by atoms with van der Waals surface area (Å²) in [4.78, 5) is 0. The third-order valence-corrected chi connectivity index (χ3v) is 9.38. The van der Waals surface area contributed by atoms with Crippen LogP contribution >= 0.6 is 0 Å². The molecule has 0 spiro atoms. The van der Waals surface area contributed by atoms with Crippen molar-refractivity contribution in [2.45, 2.75) is 91.4 Å². The van der Waals surface area contributed by atoms with Crippen LogP contribution in [0.4, 0.5) is 4.39 Å². The smallest absolute Gasteiger partial charge is 0.0922 e. The van der Waals surface area contributed by atoms with Gasteiger partial charge in [-0.05, 0) is 117 Å². The molecule has 4 fully saturated rings. The summed E-state index contributed by atoms with van der Waals surface area (Å²) in [5.74, 6) is 6.10. The van der Waals surface area contributed by atoms with E-state index in [4.69, 9.17) is 4.74 Å². The van der Waals surface area contributed by atoms with E-state index in [9.17, 15) is 4.39 Å². The molecule has 1 nitrogen and oxygen atoms in total. The molecule has 0 radical (unpaired) electrons. The highest BCUT2D eigenvalue weighted by Gasteiger charge is 2.56. The highest BCUT2D eigenvalue weighted by atomic mass is 19.1. The summed E-state index contributed by atoms with van der Waals surface area (Å²) < 4.78 is 18.5. The van der Waals surface area contributed by atoms with E-state index >= 15 is 0 Å². The van der Waals surface area contributed by atoms with Crippen LogP contribution in [0.3, 0.4) is 0 Å². The highest BCUT2D eigenvalue weighted by Crippen LogP contribution is 2.65. The van der Waals surface area contributed by atoms with Crippen molar-refractivity contribution >= 4 is 0 Å². The maximum Gasteiger partial charge on any atom is 0.0922 e. The molecule has 0 saturated heterocycles. The quantitative estimate of drug-likeness (QED) is 0.455. The fourth-order valence-corrected chi connectivity index (χ4v) is 8.15. The molecule has 4 aliphatic carbocycles. The Morgan fingerprint density at radius 1 is 0.926 bits per heavy atom. The minimum Gasteiger partial charge on any atom is -0.385 e. The molecule has 0 heterocycles. The Morgan fingerprint density at radius 2 is 1.70 bits per heavy atom. The molecule has 2 heteroatoms. The van der Waals surface area contributed by atoms with Gasteiger partial charge in [0.25, 0.3) is 0 Å². The van der Waals surface area contributed by atoms with Crippen LogP contribution in [0.15, 0.2) is 0 Å². The van der Waals surface area contributed by atoms with Crippen molar-refractivity contribution in [3.63, 3.8) is 0 Å². The van der Waals surface area contributed by atoms with Gasteiger partial charge < -0.3 is 4.74 Å². The minimum absolute atomic E-state index is 0.0683. The molecule has 4 saturated carbocycles. The van der Waals surface area contributed by atoms with Crippen molar-refractivity contribution in [2.24, 2.45) is 46.8 Å². The predicted octanol–water partition coefficient (Wildman–Crippen LogP) is 7.29. The van der Waals surface area contributed by atoms with E-state index < -0.39 is 0 Å². The van der Waals surface area contributed by atoms with Crippen LogP contribution in [-0.4, -0.2) is 20.4 Å². The SMILES string of the molecule is CC.COCCCC1CCC2[C@@H]3CC[C@@H]4C[C@@H](CF)CC[C@@H]4C3CC[C@]12C. The van der Waals surface area contributed by atoms with Crippen LogP contribution in [0.2, 0.25) is 0 Å². The van der Waals surface area contributed by atoms with Crippen molar-refractivity contribution in [3.05, 3.63) is 0 Å². The van der Waals surface area contributed by atoms with Gasteiger partial charge in [0.15, 0.2) is 0 Å². The molecule has 27 heavy (non-hydrogen) atoms. The largest absolute Gasteiger partial charge is 0.385 e. The lowest BCUT2D eigenvalue weighted by molar-refractivity contribution is -0.0702. The van der Waals surface area contributed by atoms with E-state index in [1.54, 1.807) is 0 Å². The molecule has 158 valence electrons. The molecule has 8 atom stereocenters. The maximum absolute atomic E-state index is 13.2. The van der Waals surface area contributed by atoms with Gasteiger partial charge in [-0.15, -0.1) is 0 Å². The number of rotatable bonds is 5. The normalized spacial score (nSPS) is 45.9. The summed E-state index contributed by atoms with van der Waals surface area (Å²) in [6.45, 7) is 7.51. The lowest BCUT2D eigenvalue weighted by Crippen LogP contribution is -2.48. The Labute approximate surface area is 168 Å². The number of fused-ring (bicyclic) bond motifs is 5. The Kier molecular flexibility index (Phi) is 7.67. The second-order valence-electron chi connectivity index (χ2n) is 10.2. The lowest BCUT2D eigenvalue weighted by Gasteiger charge is -2.56. The summed E-state index contributed by atoms with van der Waals surface area (Å²) in [5.41, 5.74) is 0.609. The van der Waals surface area contributed by atoms with Gasteiger partial charge in [0.2, 0.25) is 0 Å². The Bertz CT molecular complexity index is 452. The topological polar surface area (TPSA) is 9.23 Å². The van der Waals surface area contributed by atoms with Crippen molar-refractivity contribution in [1.82, 2.24) is 0 Å². The minimum atomic E-state index is -0.0683. The van der Waals surface area contributed by atoms with Gasteiger partial charge in [0, 0.05) is 13.7 Å². The fraction of sp³-hybridized carbons (Fsp3) is 1.00. The van der Waals surface area contributed by atoms with Crippen LogP contribution in [0, 0.1) is 46.8 Å². The number of methoxy groups -OCH3 is 1. The van der Waals surface area contributed by atoms with E-state index in [2.05, 4.69) is 6.92 Å². The first kappa shape index (κ1) is 21.6. The van der Waals surface area contributed by atoms with Crippen LogP contribution < -0.4 is 0 Å². The Balaban J connectivity index is 0.00000102. The zero-order chi connectivity index (χ0) is 19.4. The van der Waals surface area contributed by atoms with Gasteiger partial charge in [-0.2, -0.15) is 0 Å². The molecule has 0 N–H and O–H groups in total. The van der Waals surface area contributed by atoms with Crippen molar-refractivity contribution in [3.8, 4) is 0 Å². The average molecular weight is 381 g/mol. The van der Waals surface area contributed by atoms with E-state index in [1.165, 1.54) is 70.6 Å². The first-order valence-electron chi connectivity index (χ1n) is 12.2. The molecule has 3 unspecified atom stereocenters. The summed E-state index contributed by atoms with van der Waals surface area (Å²) in [5, 5.41) is 0. The summed E-state index contributed by atoms with van der Waals surface area (Å²) in [6, 6.07) is 0. The Morgan fingerprint density at radius 3 is 2.44 bits per heavy atom. The standard InChI is InChI=1S/C23H39FO.C2H6/c1-23-12-11-20-19-8-5-16(15-24)14-17(19)6-9-21(20)22(23)10-7-18(23)4-3-13-25-2;1-2/h16-22H,3-15H2,1-2H3;1-2H3/t16-,17+,18?,19-,20?,21+,22?,23+;/m0./s1. The molecular formula is C25H45FO. The van der Waals surface area contributed by atoms with Crippen LogP contribution in [0.1, 0.15) is 91.4 Å². The van der Waals surface area contributed by atoms with E-state index in [-0.39, 0.29) is 6.67 Å². The van der Waals surface area contributed by atoms with Gasteiger partial charge in [-0.3, -0.25) is 4.39 Å². The Hall–Kier alpha value is -0.110. The molecule has 0 aliphatic heterocycles. The van der Waals surface area contributed by atoms with E-state index in [1.807, 2.05) is 21.0 Å². The predicted molar refractivity (Wildman–Crippen MR) is 113 cm³/mol. The molecule has 4 aliphatic rings. The zero-order valence-electron chi connectivity index (χ0n) is 18.5. The number of hydrogen-bond donors (Lipinski definition) is 0. The van der Waals surface area contributed by atoms with Gasteiger partial charge in [-0.25, -0.2) is 0 Å². The number of halogens is 1. The van der Waals surface area contributed by atoms with Crippen LogP contribution in [0.5, 0.6) is 0 Å². The number of hydrogen-bond acceptors (Lipinski definition) is 1. The molecule has 0 amide bonds. The fourth-order valence-electron chi connectivity index (χ4n) is 8.15. The molecule has 4 rings (SSSR count). The summed E-state index contributed by atoms with van der Waals surface area (Å²) in [6.07, 6.45) is 15.1. The second kappa shape index (κ2) is 9.59. The molecule has 0 aromatic carbocycles. The molecule has 0 bridgehead atoms. The zero-order valence-corrected chi connectivity index (χ0v) is 18.5. The maximum atomic E-state index is 13.2. The van der Waals surface area contributed by atoms with Crippen LogP contribution in [-0.2, 0) is 4.74 Å². The first-order chi connectivity index (χ1) is 13.2. The third kappa shape index (κ3) is 4.12. The molecule has 0 aromatic heterocycles.